The van der Waals surface area contributed by atoms with Crippen molar-refractivity contribution in [2.24, 2.45) is 5.92 Å². The number of pyridine rings is 2. The Labute approximate surface area is 306 Å². The van der Waals surface area contributed by atoms with Crippen LogP contribution in [0.2, 0.25) is 10.0 Å². The van der Waals surface area contributed by atoms with Crippen molar-refractivity contribution in [1.82, 2.24) is 9.55 Å². The molecular weight excluding hydrogens is 749 g/mol. The number of aromatic amines is 1. The minimum Gasteiger partial charge on any atom is -0.870 e. The van der Waals surface area contributed by atoms with E-state index in [0.29, 0.717) is 29.2 Å². The van der Waals surface area contributed by atoms with Crippen LogP contribution in [0.3, 0.4) is 0 Å². The lowest BCUT2D eigenvalue weighted by atomic mass is 10.0. The Hall–Kier alpha value is -4.77. The summed E-state index contributed by atoms with van der Waals surface area (Å²) < 4.78 is 75.8. The van der Waals surface area contributed by atoms with Gasteiger partial charge in [0.25, 0.3) is 0 Å². The molecule has 2 N–H and O–H groups in total. The second-order valence-electron chi connectivity index (χ2n) is 11.9. The van der Waals surface area contributed by atoms with Crippen LogP contribution in [-0.4, -0.2) is 48.9 Å². The molecule has 1 atom stereocenters. The van der Waals surface area contributed by atoms with Crippen LogP contribution in [0.5, 0.6) is 11.5 Å². The van der Waals surface area contributed by atoms with Gasteiger partial charge in [0.15, 0.2) is 29.5 Å². The second-order valence-corrected chi connectivity index (χ2v) is 14.6. The van der Waals surface area contributed by atoms with Gasteiger partial charge in [0.2, 0.25) is 10.0 Å². The highest BCUT2D eigenvalue weighted by atomic mass is 35.5. The maximum Gasteiger partial charge on any atom is 0.420 e. The lowest BCUT2D eigenvalue weighted by Crippen LogP contribution is -2.29. The lowest BCUT2D eigenvalue weighted by Gasteiger charge is -2.22. The van der Waals surface area contributed by atoms with Crippen molar-refractivity contribution < 1.29 is 51.1 Å². The first kappa shape index (κ1) is 38.5. The molecule has 0 radical (unpaired) electrons. The van der Waals surface area contributed by atoms with Crippen molar-refractivity contribution in [2.45, 2.75) is 45.1 Å². The number of esters is 1. The van der Waals surface area contributed by atoms with Crippen molar-refractivity contribution in [1.29, 1.82) is 0 Å². The van der Waals surface area contributed by atoms with Crippen molar-refractivity contribution >= 4 is 56.0 Å². The molecule has 2 aromatic carbocycles. The minimum absolute atomic E-state index is 0. The van der Waals surface area contributed by atoms with E-state index in [-0.39, 0.29) is 56.8 Å². The number of nitrogens with one attached hydrogen (secondary N) is 1. The summed E-state index contributed by atoms with van der Waals surface area (Å²) in [5.74, 6) is -1.59. The van der Waals surface area contributed by atoms with Crippen molar-refractivity contribution in [3.63, 3.8) is 0 Å². The van der Waals surface area contributed by atoms with E-state index in [2.05, 4.69) is 14.7 Å². The minimum atomic E-state index is -3.77. The number of carbonyl (C=O) groups is 1. The highest BCUT2D eigenvalue weighted by Gasteiger charge is 2.27. The van der Waals surface area contributed by atoms with Gasteiger partial charge in [0, 0.05) is 30.4 Å². The Morgan fingerprint density at radius 1 is 1.12 bits per heavy atom. The second kappa shape index (κ2) is 16.3. The van der Waals surface area contributed by atoms with E-state index >= 15 is 0 Å². The van der Waals surface area contributed by atoms with E-state index in [1.54, 1.807) is 18.3 Å². The molecule has 5 aromatic rings. The Morgan fingerprint density at radius 2 is 1.87 bits per heavy atom. The van der Waals surface area contributed by atoms with Gasteiger partial charge in [0.05, 0.1) is 30.6 Å². The molecule has 18 heteroatoms. The van der Waals surface area contributed by atoms with Gasteiger partial charge in [-0.2, -0.15) is 8.78 Å². The molecule has 0 aliphatic heterocycles. The number of oxazole rings is 1. The molecule has 13 nitrogen and oxygen atoms in total. The molecule has 0 spiro atoms. The summed E-state index contributed by atoms with van der Waals surface area (Å²) in [6.45, 7) is -3.41. The highest BCUT2D eigenvalue weighted by Crippen LogP contribution is 2.38. The van der Waals surface area contributed by atoms with Gasteiger partial charge in [-0.1, -0.05) is 35.3 Å². The van der Waals surface area contributed by atoms with E-state index in [1.165, 1.54) is 55.0 Å². The largest absolute Gasteiger partial charge is 0.870 e. The number of ether oxygens (including phenoxy) is 3. The summed E-state index contributed by atoms with van der Waals surface area (Å²) in [7, 11) is -3.77. The van der Waals surface area contributed by atoms with Gasteiger partial charge in [-0.3, -0.25) is 18.7 Å². The molecule has 0 bridgehead atoms. The van der Waals surface area contributed by atoms with Crippen LogP contribution < -0.4 is 24.5 Å². The molecule has 276 valence electrons. The van der Waals surface area contributed by atoms with E-state index in [0.717, 1.165) is 28.0 Å². The fourth-order valence-electron chi connectivity index (χ4n) is 5.35. The molecule has 0 amide bonds. The number of hydrogen-bond acceptors (Lipinski definition) is 10. The van der Waals surface area contributed by atoms with Crippen LogP contribution >= 0.6 is 23.2 Å². The van der Waals surface area contributed by atoms with E-state index in [1.807, 2.05) is 0 Å². The molecule has 1 fully saturated rings. The van der Waals surface area contributed by atoms with Crippen LogP contribution in [0.4, 0.5) is 14.5 Å². The Balaban J connectivity index is 0.00000523. The summed E-state index contributed by atoms with van der Waals surface area (Å²) >= 11 is 12.9. The zero-order chi connectivity index (χ0) is 36.3. The smallest absolute Gasteiger partial charge is 0.420 e. The third-order valence-corrected chi connectivity index (χ3v) is 9.88. The number of anilines is 1. The highest BCUT2D eigenvalue weighted by molar-refractivity contribution is 7.92. The van der Waals surface area contributed by atoms with Gasteiger partial charge < -0.3 is 24.1 Å². The van der Waals surface area contributed by atoms with Crippen LogP contribution in [-0.2, 0) is 39.1 Å². The average Bonchev–Trinajstić information content (AvgIpc) is 3.86. The zero-order valence-corrected chi connectivity index (χ0v) is 29.7. The fraction of sp³-hybridized carbons (Fsp3) is 0.294. The summed E-state index contributed by atoms with van der Waals surface area (Å²) in [6.07, 6.45) is 7.97. The number of halogens is 4. The van der Waals surface area contributed by atoms with Crippen LogP contribution in [0, 0.1) is 5.92 Å². The average molecular weight is 782 g/mol. The number of H-pyrrole nitrogens is 1. The molecule has 52 heavy (non-hydrogen) atoms. The molecule has 3 aromatic heterocycles. The third-order valence-electron chi connectivity index (χ3n) is 8.06. The number of aromatic nitrogens is 3. The number of rotatable bonds is 15. The normalized spacial score (nSPS) is 13.4. The summed E-state index contributed by atoms with van der Waals surface area (Å²) in [5.41, 5.74) is 1.90. The number of nitrogens with zero attached hydrogens (tertiary/aromatic N) is 3. The topological polar surface area (TPSA) is 174 Å². The van der Waals surface area contributed by atoms with Gasteiger partial charge in [0.1, 0.15) is 22.7 Å². The van der Waals surface area contributed by atoms with E-state index < -0.39 is 41.0 Å². The molecule has 6 rings (SSSR count). The van der Waals surface area contributed by atoms with Gasteiger partial charge in [-0.05, 0) is 60.2 Å². The summed E-state index contributed by atoms with van der Waals surface area (Å²) in [4.78, 5) is 33.4. The maximum absolute atomic E-state index is 13.5. The monoisotopic (exact) mass is 780 g/mol. The first-order valence-electron chi connectivity index (χ1n) is 15.6. The fourth-order valence-corrected chi connectivity index (χ4v) is 6.76. The molecule has 0 saturated heterocycles. The molecule has 3 heterocycles. The molecule has 1 aliphatic carbocycles. The van der Waals surface area contributed by atoms with Gasteiger partial charge in [-0.15, -0.1) is 0 Å². The standard InChI is InChI=1S/C34H30Cl2F2N4O8S.H2O/c1-51(45,46)42(17-21-3-2-10-39-14-21)23-7-8-27-30(12-23)50-34(44)41(27)18-32(43)48-29(13-24-25(35)15-40-16-26(24)36)22-6-9-28(49-33(37)38)31(11-22)47-19-20-4-5-20;/h2-3,6-12,14-16,20,29,33H,4-5,13,17-19H2,1H3;1H2/t29-;/m0./s1. The van der Waals surface area contributed by atoms with Gasteiger partial charge >= 0.3 is 18.3 Å². The molecule has 0 unspecified atom stereocenters. The Bertz CT molecular complexity index is 2200. The molecule has 1 aliphatic rings. The van der Waals surface area contributed by atoms with Crippen molar-refractivity contribution in [3.05, 3.63) is 111 Å². The first-order chi connectivity index (χ1) is 24.4. The third kappa shape index (κ3) is 9.36. The quantitative estimate of drug-likeness (QED) is 0.118. The van der Waals surface area contributed by atoms with E-state index in [9.17, 15) is 26.8 Å². The molecule has 1 saturated carbocycles. The summed E-state index contributed by atoms with van der Waals surface area (Å²) in [6, 6.07) is 12.0. The lowest BCUT2D eigenvalue weighted by molar-refractivity contribution is -0.377. The predicted molar refractivity (Wildman–Crippen MR) is 185 cm³/mol. The van der Waals surface area contributed by atoms with Crippen LogP contribution in [0.25, 0.3) is 11.1 Å². The Kier molecular flexibility index (Phi) is 12.0. The first-order valence-corrected chi connectivity index (χ1v) is 18.2. The Morgan fingerprint density at radius 3 is 2.52 bits per heavy atom. The maximum atomic E-state index is 13.5. The summed E-state index contributed by atoms with van der Waals surface area (Å²) in [5, 5.41) is 0.511. The number of benzene rings is 2. The van der Waals surface area contributed by atoms with Crippen LogP contribution in [0.1, 0.15) is 35.6 Å². The number of carbonyl (C=O) groups excluding carboxylic acids is 1. The van der Waals surface area contributed by atoms with Crippen molar-refractivity contribution in [3.8, 4) is 11.5 Å². The number of alkyl halides is 2. The zero-order valence-electron chi connectivity index (χ0n) is 27.4. The van der Waals surface area contributed by atoms with Gasteiger partial charge in [-0.25, -0.2) is 18.2 Å². The SMILES string of the molecule is CS(=O)(=O)N(Cc1cccnc1)c1ccc2c(c1)oc(=O)n2CC(=O)O[C@@H](Cc1c(Cl)c[nH+]cc1Cl)c1ccc(OC(F)F)c(OCC2CC2)c1.[OH-]. The molecular formula is C34H32Cl2F2N4O9S. The number of hydrogen-bond donors (Lipinski definition) is 0. The van der Waals surface area contributed by atoms with Crippen molar-refractivity contribution in [2.75, 3.05) is 17.2 Å². The van der Waals surface area contributed by atoms with Crippen LogP contribution in [0.15, 0.2) is 82.5 Å². The number of fused-ring (bicyclic) bond motifs is 1. The van der Waals surface area contributed by atoms with E-state index in [4.69, 9.17) is 37.1 Å². The number of sulfonamides is 1. The predicted octanol–water partition coefficient (Wildman–Crippen LogP) is 5.82.